The van der Waals surface area contributed by atoms with Crippen LogP contribution in [-0.4, -0.2) is 34.9 Å². The van der Waals surface area contributed by atoms with Crippen molar-refractivity contribution in [1.82, 2.24) is 9.88 Å². The van der Waals surface area contributed by atoms with Gasteiger partial charge < -0.3 is 14.6 Å². The normalized spacial score (nSPS) is 16.9. The molecule has 1 amide bonds. The molecule has 0 saturated heterocycles. The van der Waals surface area contributed by atoms with Crippen LogP contribution < -0.4 is 4.90 Å². The molecule has 1 aliphatic heterocycles. The lowest BCUT2D eigenvalue weighted by atomic mass is 9.96. The number of anilines is 1. The number of amides is 1. The van der Waals surface area contributed by atoms with Crippen molar-refractivity contribution < 1.29 is 14.3 Å². The minimum absolute atomic E-state index is 0.0186. The van der Waals surface area contributed by atoms with E-state index in [1.54, 1.807) is 6.07 Å². The standard InChI is InChI=1S/C37H35N3O3/c1-26-18-20-29(21-19-26)24-39-33(22-27-12-6-3-7-13-27)36(41)40(25-28-14-8-4-9-15-28)32-23-31(37(42)43-2)38-34(32)35(39)30-16-10-5-11-17-30/h3-21,23,33,35,38H,22,24-25H2,1-2H3/t33-,35?/m0/s1. The van der Waals surface area contributed by atoms with Gasteiger partial charge in [0.25, 0.3) is 0 Å². The Kier molecular flexibility index (Phi) is 8.20. The number of aromatic amines is 1. The molecule has 43 heavy (non-hydrogen) atoms. The number of carbonyl (C=O) groups is 2. The summed E-state index contributed by atoms with van der Waals surface area (Å²) in [6.07, 6.45) is 0.536. The number of benzene rings is 4. The van der Waals surface area contributed by atoms with Crippen molar-refractivity contribution in [1.29, 1.82) is 0 Å². The maximum absolute atomic E-state index is 15.0. The average Bonchev–Trinajstić information content (AvgIpc) is 3.46. The van der Waals surface area contributed by atoms with Crippen LogP contribution in [0.3, 0.4) is 0 Å². The fraction of sp³-hybridized carbons (Fsp3) is 0.189. The summed E-state index contributed by atoms with van der Waals surface area (Å²) in [5.41, 5.74) is 7.20. The molecular weight excluding hydrogens is 534 g/mol. The summed E-state index contributed by atoms with van der Waals surface area (Å²) < 4.78 is 5.11. The largest absolute Gasteiger partial charge is 0.464 e. The van der Waals surface area contributed by atoms with E-state index < -0.39 is 12.0 Å². The molecule has 0 spiro atoms. The molecule has 0 radical (unpaired) electrons. The second-order valence-corrected chi connectivity index (χ2v) is 11.1. The van der Waals surface area contributed by atoms with E-state index in [4.69, 9.17) is 4.74 Å². The molecular formula is C37H35N3O3. The number of fused-ring (bicyclic) bond motifs is 1. The first kappa shape index (κ1) is 28.2. The van der Waals surface area contributed by atoms with Crippen LogP contribution in [0.1, 0.15) is 50.0 Å². The molecule has 2 atom stereocenters. The number of ether oxygens (including phenoxy) is 1. The van der Waals surface area contributed by atoms with E-state index in [2.05, 4.69) is 65.3 Å². The van der Waals surface area contributed by atoms with Crippen molar-refractivity contribution in [2.75, 3.05) is 12.0 Å². The van der Waals surface area contributed by atoms with Crippen molar-refractivity contribution in [3.05, 3.63) is 161 Å². The summed E-state index contributed by atoms with van der Waals surface area (Å²) in [4.78, 5) is 35.3. The van der Waals surface area contributed by atoms with Gasteiger partial charge in [-0.15, -0.1) is 0 Å². The van der Waals surface area contributed by atoms with Gasteiger partial charge in [-0.3, -0.25) is 9.69 Å². The Hall–Kier alpha value is -4.94. The van der Waals surface area contributed by atoms with E-state index in [0.717, 1.165) is 27.9 Å². The zero-order chi connectivity index (χ0) is 29.8. The Morgan fingerprint density at radius 3 is 1.98 bits per heavy atom. The number of nitrogens with one attached hydrogen (secondary N) is 1. The minimum atomic E-state index is -0.486. The topological polar surface area (TPSA) is 65.6 Å². The Morgan fingerprint density at radius 1 is 0.767 bits per heavy atom. The zero-order valence-electron chi connectivity index (χ0n) is 24.4. The predicted molar refractivity (Wildman–Crippen MR) is 169 cm³/mol. The maximum atomic E-state index is 15.0. The second-order valence-electron chi connectivity index (χ2n) is 11.1. The molecule has 5 aromatic rings. The van der Waals surface area contributed by atoms with Crippen LogP contribution in [-0.2, 0) is 29.0 Å². The summed E-state index contributed by atoms with van der Waals surface area (Å²) in [6.45, 7) is 2.98. The Labute approximate surface area is 252 Å². The van der Waals surface area contributed by atoms with Gasteiger partial charge in [0.05, 0.1) is 37.1 Å². The molecule has 1 aliphatic rings. The van der Waals surface area contributed by atoms with Crippen LogP contribution in [0.25, 0.3) is 0 Å². The van der Waals surface area contributed by atoms with E-state index in [1.807, 2.05) is 71.6 Å². The van der Waals surface area contributed by atoms with E-state index >= 15 is 0 Å². The molecule has 0 aliphatic carbocycles. The number of hydrogen-bond donors (Lipinski definition) is 1. The first-order valence-corrected chi connectivity index (χ1v) is 14.6. The van der Waals surface area contributed by atoms with Crippen LogP contribution in [0.15, 0.2) is 121 Å². The monoisotopic (exact) mass is 569 g/mol. The second kappa shape index (κ2) is 12.5. The lowest BCUT2D eigenvalue weighted by Crippen LogP contribution is -2.48. The summed E-state index contributed by atoms with van der Waals surface area (Å²) in [7, 11) is 1.37. The Bertz CT molecular complexity index is 1680. The predicted octanol–water partition coefficient (Wildman–Crippen LogP) is 6.86. The average molecular weight is 570 g/mol. The van der Waals surface area contributed by atoms with E-state index in [9.17, 15) is 9.59 Å². The van der Waals surface area contributed by atoms with Crippen LogP contribution in [0.5, 0.6) is 0 Å². The fourth-order valence-corrected chi connectivity index (χ4v) is 5.97. The molecule has 6 rings (SSSR count). The molecule has 6 heteroatoms. The minimum Gasteiger partial charge on any atom is -0.464 e. The van der Waals surface area contributed by atoms with E-state index in [-0.39, 0.29) is 11.9 Å². The first-order chi connectivity index (χ1) is 21.0. The lowest BCUT2D eigenvalue weighted by Gasteiger charge is -2.36. The van der Waals surface area contributed by atoms with E-state index in [1.165, 1.54) is 12.7 Å². The Balaban J connectivity index is 1.58. The van der Waals surface area contributed by atoms with Gasteiger partial charge in [0.15, 0.2) is 0 Å². The van der Waals surface area contributed by atoms with Crippen molar-refractivity contribution in [2.24, 2.45) is 0 Å². The number of esters is 1. The summed E-state index contributed by atoms with van der Waals surface area (Å²) >= 11 is 0. The number of aromatic nitrogens is 1. The number of carbonyl (C=O) groups excluding carboxylic acids is 2. The van der Waals surface area contributed by atoms with Gasteiger partial charge in [0.1, 0.15) is 5.69 Å². The number of hydrogen-bond acceptors (Lipinski definition) is 4. The number of H-pyrrole nitrogens is 1. The van der Waals surface area contributed by atoms with Gasteiger partial charge in [0, 0.05) is 6.54 Å². The molecule has 0 fully saturated rings. The SMILES string of the molecule is COC(=O)c1cc2c([nH]1)C(c1ccccc1)N(Cc1ccc(C)cc1)[C@@H](Cc1ccccc1)C(=O)N2Cc1ccccc1. The fourth-order valence-electron chi connectivity index (χ4n) is 5.97. The van der Waals surface area contributed by atoms with Gasteiger partial charge in [-0.25, -0.2) is 4.79 Å². The van der Waals surface area contributed by atoms with Gasteiger partial charge in [-0.2, -0.15) is 0 Å². The molecule has 2 heterocycles. The zero-order valence-corrected chi connectivity index (χ0v) is 24.4. The smallest absolute Gasteiger partial charge is 0.354 e. The molecule has 1 aromatic heterocycles. The molecule has 4 aromatic carbocycles. The van der Waals surface area contributed by atoms with Gasteiger partial charge in [-0.05, 0) is 41.7 Å². The highest BCUT2D eigenvalue weighted by Crippen LogP contribution is 2.42. The molecule has 0 bridgehead atoms. The van der Waals surface area contributed by atoms with Crippen LogP contribution in [0, 0.1) is 6.92 Å². The van der Waals surface area contributed by atoms with Crippen molar-refractivity contribution in [3.8, 4) is 0 Å². The number of rotatable bonds is 8. The third kappa shape index (κ3) is 6.01. The van der Waals surface area contributed by atoms with Gasteiger partial charge in [-0.1, -0.05) is 121 Å². The van der Waals surface area contributed by atoms with Crippen LogP contribution in [0.4, 0.5) is 5.69 Å². The molecule has 6 nitrogen and oxygen atoms in total. The maximum Gasteiger partial charge on any atom is 0.354 e. The summed E-state index contributed by atoms with van der Waals surface area (Å²) in [6, 6.07) is 39.8. The van der Waals surface area contributed by atoms with Crippen LogP contribution in [0.2, 0.25) is 0 Å². The Morgan fingerprint density at radius 2 is 1.35 bits per heavy atom. The molecule has 216 valence electrons. The van der Waals surface area contributed by atoms with Gasteiger partial charge >= 0.3 is 5.97 Å². The van der Waals surface area contributed by atoms with Crippen molar-refractivity contribution >= 4 is 17.6 Å². The van der Waals surface area contributed by atoms with Gasteiger partial charge in [0.2, 0.25) is 5.91 Å². The van der Waals surface area contributed by atoms with E-state index in [0.29, 0.717) is 30.9 Å². The summed E-state index contributed by atoms with van der Waals surface area (Å²) in [5, 5.41) is 0. The van der Waals surface area contributed by atoms with Crippen molar-refractivity contribution in [3.63, 3.8) is 0 Å². The lowest BCUT2D eigenvalue weighted by molar-refractivity contribution is -0.124. The quantitative estimate of drug-likeness (QED) is 0.207. The molecule has 1 unspecified atom stereocenters. The third-order valence-corrected chi connectivity index (χ3v) is 8.14. The highest BCUT2D eigenvalue weighted by Gasteiger charge is 2.43. The highest BCUT2D eigenvalue weighted by atomic mass is 16.5. The molecule has 0 saturated carbocycles. The highest BCUT2D eigenvalue weighted by molar-refractivity contribution is 6.00. The number of nitrogens with zero attached hydrogens (tertiary/aromatic N) is 2. The van der Waals surface area contributed by atoms with Crippen LogP contribution >= 0.6 is 0 Å². The first-order valence-electron chi connectivity index (χ1n) is 14.6. The number of aryl methyl sites for hydroxylation is 1. The third-order valence-electron chi connectivity index (χ3n) is 8.14. The number of methoxy groups -OCH3 is 1. The van der Waals surface area contributed by atoms with Crippen molar-refractivity contribution in [2.45, 2.75) is 38.5 Å². The summed E-state index contributed by atoms with van der Waals surface area (Å²) in [5.74, 6) is -0.493. The molecule has 1 N–H and O–H groups in total.